The molecule has 3 nitrogen and oxygen atoms in total. The third-order valence-electron chi connectivity index (χ3n) is 3.00. The molecule has 0 saturated carbocycles. The van der Waals surface area contributed by atoms with Gasteiger partial charge in [0, 0.05) is 11.8 Å². The Labute approximate surface area is 136 Å². The summed E-state index contributed by atoms with van der Waals surface area (Å²) in [6, 6.07) is 12.0. The predicted molar refractivity (Wildman–Crippen MR) is 87.7 cm³/mol. The van der Waals surface area contributed by atoms with E-state index in [9.17, 15) is 4.21 Å². The maximum atomic E-state index is 12.5. The molecule has 0 bridgehead atoms. The Balaban J connectivity index is 2.19. The van der Waals surface area contributed by atoms with Crippen molar-refractivity contribution in [1.82, 2.24) is 0 Å². The van der Waals surface area contributed by atoms with Crippen molar-refractivity contribution in [2.45, 2.75) is 10.9 Å². The molecule has 0 aliphatic heterocycles. The lowest BCUT2D eigenvalue weighted by molar-refractivity contribution is 0.414. The van der Waals surface area contributed by atoms with Gasteiger partial charge in [0.25, 0.3) is 0 Å². The van der Waals surface area contributed by atoms with Crippen LogP contribution in [-0.4, -0.2) is 17.1 Å². The molecule has 0 heterocycles. The highest BCUT2D eigenvalue weighted by atomic mass is 35.5. The van der Waals surface area contributed by atoms with E-state index in [1.54, 1.807) is 25.3 Å². The zero-order valence-electron chi connectivity index (χ0n) is 11.4. The highest BCUT2D eigenvalue weighted by Crippen LogP contribution is 2.29. The van der Waals surface area contributed by atoms with E-state index in [1.165, 1.54) is 0 Å². The van der Waals surface area contributed by atoms with E-state index in [2.05, 4.69) is 0 Å². The average molecular weight is 344 g/mol. The van der Waals surface area contributed by atoms with E-state index < -0.39 is 16.8 Å². The molecule has 0 fully saturated rings. The van der Waals surface area contributed by atoms with Crippen LogP contribution in [0.3, 0.4) is 0 Å². The van der Waals surface area contributed by atoms with Crippen LogP contribution in [0.5, 0.6) is 5.75 Å². The lowest BCUT2D eigenvalue weighted by atomic mass is 10.1. The Bertz CT molecular complexity index is 644. The van der Waals surface area contributed by atoms with Crippen LogP contribution in [-0.2, 0) is 10.8 Å². The predicted octanol–water partition coefficient (Wildman–Crippen LogP) is 3.81. The summed E-state index contributed by atoms with van der Waals surface area (Å²) in [5.74, 6) is 0.945. The Morgan fingerprint density at radius 2 is 1.81 bits per heavy atom. The summed E-state index contributed by atoms with van der Waals surface area (Å²) in [7, 11) is 0.214. The number of hydrogen-bond donors (Lipinski definition) is 1. The topological polar surface area (TPSA) is 52.3 Å². The molecular formula is C15H15Cl2NO2S. The molecule has 0 radical (unpaired) electrons. The number of hydrogen-bond acceptors (Lipinski definition) is 3. The van der Waals surface area contributed by atoms with Crippen LogP contribution in [0.2, 0.25) is 10.0 Å². The van der Waals surface area contributed by atoms with Gasteiger partial charge >= 0.3 is 0 Å². The van der Waals surface area contributed by atoms with Crippen molar-refractivity contribution in [1.29, 1.82) is 0 Å². The highest BCUT2D eigenvalue weighted by molar-refractivity contribution is 7.85. The molecule has 0 aromatic heterocycles. The Kier molecular flexibility index (Phi) is 5.65. The molecule has 6 heteroatoms. The Morgan fingerprint density at radius 3 is 2.43 bits per heavy atom. The third kappa shape index (κ3) is 3.98. The van der Waals surface area contributed by atoms with E-state index in [0.29, 0.717) is 20.7 Å². The molecule has 0 aliphatic carbocycles. The van der Waals surface area contributed by atoms with Gasteiger partial charge in [0.15, 0.2) is 0 Å². The van der Waals surface area contributed by atoms with Gasteiger partial charge in [0.1, 0.15) is 5.75 Å². The molecule has 21 heavy (non-hydrogen) atoms. The van der Waals surface area contributed by atoms with Crippen molar-refractivity contribution < 1.29 is 8.95 Å². The first kappa shape index (κ1) is 16.3. The summed E-state index contributed by atoms with van der Waals surface area (Å²) in [5.41, 5.74) is 6.97. The summed E-state index contributed by atoms with van der Waals surface area (Å²) in [6.07, 6.45) is 0. The van der Waals surface area contributed by atoms with E-state index in [1.807, 2.05) is 24.3 Å². The van der Waals surface area contributed by atoms with E-state index in [0.717, 1.165) is 5.56 Å². The smallest absolute Gasteiger partial charge is 0.119 e. The fraction of sp³-hybridized carbons (Fsp3) is 0.200. The number of rotatable bonds is 5. The lowest BCUT2D eigenvalue weighted by Gasteiger charge is -2.14. The molecule has 112 valence electrons. The lowest BCUT2D eigenvalue weighted by Crippen LogP contribution is -2.18. The minimum absolute atomic E-state index is 0.233. The van der Waals surface area contributed by atoms with Crippen molar-refractivity contribution in [3.63, 3.8) is 0 Å². The Morgan fingerprint density at radius 1 is 1.19 bits per heavy atom. The maximum Gasteiger partial charge on any atom is 0.119 e. The molecule has 2 unspecified atom stereocenters. The zero-order valence-corrected chi connectivity index (χ0v) is 13.7. The maximum absolute atomic E-state index is 12.5. The van der Waals surface area contributed by atoms with Gasteiger partial charge < -0.3 is 10.5 Å². The van der Waals surface area contributed by atoms with Crippen molar-refractivity contribution in [3.8, 4) is 5.75 Å². The van der Waals surface area contributed by atoms with Crippen molar-refractivity contribution in [2.75, 3.05) is 12.9 Å². The SMILES string of the molecule is COc1cccc(C(N)CS(=O)c2c(Cl)cccc2Cl)c1. The van der Waals surface area contributed by atoms with Gasteiger partial charge in [0.2, 0.25) is 0 Å². The zero-order chi connectivity index (χ0) is 15.4. The molecule has 0 spiro atoms. The van der Waals surface area contributed by atoms with Crippen LogP contribution < -0.4 is 10.5 Å². The highest BCUT2D eigenvalue weighted by Gasteiger charge is 2.17. The average Bonchev–Trinajstić information content (AvgIpc) is 2.47. The number of methoxy groups -OCH3 is 1. The molecule has 2 aromatic rings. The van der Waals surface area contributed by atoms with Gasteiger partial charge in [-0.05, 0) is 29.8 Å². The summed E-state index contributed by atoms with van der Waals surface area (Å²) in [5, 5.41) is 0.775. The number of halogens is 2. The minimum Gasteiger partial charge on any atom is -0.497 e. The van der Waals surface area contributed by atoms with Crippen LogP contribution in [0.4, 0.5) is 0 Å². The largest absolute Gasteiger partial charge is 0.497 e. The van der Waals surface area contributed by atoms with Crippen molar-refractivity contribution in [2.24, 2.45) is 5.73 Å². The monoisotopic (exact) mass is 343 g/mol. The van der Waals surface area contributed by atoms with Gasteiger partial charge in [-0.2, -0.15) is 0 Å². The second-order valence-corrected chi connectivity index (χ2v) is 6.69. The minimum atomic E-state index is -1.38. The van der Waals surface area contributed by atoms with Crippen LogP contribution in [0.15, 0.2) is 47.4 Å². The van der Waals surface area contributed by atoms with Gasteiger partial charge in [-0.25, -0.2) is 0 Å². The number of ether oxygens (including phenoxy) is 1. The third-order valence-corrected chi connectivity index (χ3v) is 5.41. The first-order chi connectivity index (χ1) is 10.0. The molecule has 2 rings (SSSR count). The van der Waals surface area contributed by atoms with E-state index in [4.69, 9.17) is 33.7 Å². The quantitative estimate of drug-likeness (QED) is 0.897. The van der Waals surface area contributed by atoms with E-state index in [-0.39, 0.29) is 5.75 Å². The summed E-state index contributed by atoms with van der Waals surface area (Å²) < 4.78 is 17.6. The second kappa shape index (κ2) is 7.27. The van der Waals surface area contributed by atoms with Crippen molar-refractivity contribution in [3.05, 3.63) is 58.1 Å². The van der Waals surface area contributed by atoms with Gasteiger partial charge in [0.05, 0.1) is 32.9 Å². The fourth-order valence-electron chi connectivity index (χ4n) is 1.91. The fourth-order valence-corrected chi connectivity index (χ4v) is 4.08. The van der Waals surface area contributed by atoms with Gasteiger partial charge in [-0.1, -0.05) is 41.4 Å². The molecule has 0 amide bonds. The number of benzene rings is 2. The summed E-state index contributed by atoms with van der Waals surface area (Å²) >= 11 is 12.1. The van der Waals surface area contributed by atoms with Crippen LogP contribution >= 0.6 is 23.2 Å². The molecule has 2 aromatic carbocycles. The first-order valence-corrected chi connectivity index (χ1v) is 8.32. The summed E-state index contributed by atoms with van der Waals surface area (Å²) in [4.78, 5) is 0.430. The molecule has 2 N–H and O–H groups in total. The van der Waals surface area contributed by atoms with Crippen LogP contribution in [0.25, 0.3) is 0 Å². The molecule has 0 aliphatic rings. The molecule has 2 atom stereocenters. The van der Waals surface area contributed by atoms with Gasteiger partial charge in [-0.15, -0.1) is 0 Å². The van der Waals surface area contributed by atoms with Crippen LogP contribution in [0.1, 0.15) is 11.6 Å². The molecule has 0 saturated heterocycles. The normalized spacial score (nSPS) is 13.7. The van der Waals surface area contributed by atoms with Crippen LogP contribution in [0, 0.1) is 0 Å². The number of nitrogens with two attached hydrogens (primary N) is 1. The summed E-state index contributed by atoms with van der Waals surface area (Å²) in [6.45, 7) is 0. The molecular weight excluding hydrogens is 329 g/mol. The standard InChI is InChI=1S/C15H15Cl2NO2S/c1-20-11-5-2-4-10(8-11)14(18)9-21(19)15-12(16)6-3-7-13(15)17/h2-8,14H,9,18H2,1H3. The van der Waals surface area contributed by atoms with E-state index >= 15 is 0 Å². The second-order valence-electron chi connectivity index (χ2n) is 4.45. The first-order valence-electron chi connectivity index (χ1n) is 6.25. The van der Waals surface area contributed by atoms with Crippen molar-refractivity contribution >= 4 is 34.0 Å². The Hall–Kier alpha value is -1.07. The van der Waals surface area contributed by atoms with Gasteiger partial charge in [-0.3, -0.25) is 4.21 Å².